The van der Waals surface area contributed by atoms with Gasteiger partial charge in [0.25, 0.3) is 0 Å². The van der Waals surface area contributed by atoms with Gasteiger partial charge in [-0.15, -0.1) is 0 Å². The number of nitrogens with zero attached hydrogens (tertiary/aromatic N) is 2. The second kappa shape index (κ2) is 33.5. The number of ether oxygens (including phenoxy) is 6. The van der Waals surface area contributed by atoms with Crippen molar-refractivity contribution in [2.45, 2.75) is 246 Å². The van der Waals surface area contributed by atoms with Crippen LogP contribution >= 0.6 is 0 Å². The summed E-state index contributed by atoms with van der Waals surface area (Å²) in [6.07, 6.45) is -5.18. The standard InChI is InChI=1S/C65H103N5O16Si/c1-19-43(12)54(52(86-87(40(6)7,41(8)9)42(10)11)34-53(71)84-56(39(4)5)57(82-37-80-18)44(13)61(75)76)67-58(72)55(68-64(79)85-65(15,16)17)45(14)83-62(77)51-33-47-28-23-24-29-48(47)35-70(51)60(74)50-30-25-31-69(50)59(73)49(32-38(2)3)66-63(78)81-36-46-26-21-20-22-27-46/h20-24,26-29,38-45,49-52,54-57H,19,25,30-37H2,1-18H3,(H,66,78)(H,67,72)(H,68,79)(H,75,76)/t43-,44-,45+,49-,50-,51-,52-,54+,55-,56-,57-/m0/s1. The van der Waals surface area contributed by atoms with E-state index < -0.39 is 128 Å². The fourth-order valence-corrected chi connectivity index (χ4v) is 17.8. The van der Waals surface area contributed by atoms with Gasteiger partial charge in [-0.25, -0.2) is 14.4 Å². The van der Waals surface area contributed by atoms with E-state index >= 15 is 14.4 Å². The number of benzene rings is 2. The summed E-state index contributed by atoms with van der Waals surface area (Å²) < 4.78 is 42.2. The molecule has 0 spiro atoms. The number of hydrogen-bond acceptors (Lipinski definition) is 15. The first-order chi connectivity index (χ1) is 40.8. The van der Waals surface area contributed by atoms with Crippen LogP contribution in [-0.4, -0.2) is 152 Å². The molecule has 2 aliphatic heterocycles. The lowest BCUT2D eigenvalue weighted by Gasteiger charge is -2.47. The number of alkyl carbamates (subject to hydrolysis) is 2. The lowest BCUT2D eigenvalue weighted by atomic mass is 9.91. The Morgan fingerprint density at radius 3 is 1.90 bits per heavy atom. The van der Waals surface area contributed by atoms with E-state index in [0.717, 1.165) is 16.7 Å². The summed E-state index contributed by atoms with van der Waals surface area (Å²) in [5.74, 6) is -6.42. The van der Waals surface area contributed by atoms with Crippen LogP contribution in [0.15, 0.2) is 54.6 Å². The van der Waals surface area contributed by atoms with E-state index in [4.69, 9.17) is 32.8 Å². The zero-order valence-corrected chi connectivity index (χ0v) is 56.0. The Kier molecular flexibility index (Phi) is 28.2. The van der Waals surface area contributed by atoms with Gasteiger partial charge in [0, 0.05) is 26.6 Å². The van der Waals surface area contributed by atoms with E-state index in [0.29, 0.717) is 12.8 Å². The largest absolute Gasteiger partial charge is 0.481 e. The Morgan fingerprint density at radius 1 is 0.736 bits per heavy atom. The number of aliphatic carboxylic acids is 1. The molecule has 0 aromatic heterocycles. The molecule has 2 aliphatic rings. The molecule has 87 heavy (non-hydrogen) atoms. The molecule has 0 unspecified atom stereocenters. The Labute approximate surface area is 517 Å². The lowest BCUT2D eigenvalue weighted by molar-refractivity contribution is -0.185. The third-order valence-electron chi connectivity index (χ3n) is 16.8. The quantitative estimate of drug-likeness (QED) is 0.0237. The van der Waals surface area contributed by atoms with Gasteiger partial charge in [0.2, 0.25) is 26.0 Å². The Balaban J connectivity index is 1.75. The molecule has 5 amide bonds. The number of fused-ring (bicyclic) bond motifs is 1. The fourth-order valence-electron chi connectivity index (χ4n) is 12.2. The molecule has 1 saturated heterocycles. The summed E-state index contributed by atoms with van der Waals surface area (Å²) >= 11 is 0. The maximum atomic E-state index is 15.4. The minimum Gasteiger partial charge on any atom is -0.481 e. The smallest absolute Gasteiger partial charge is 0.408 e. The van der Waals surface area contributed by atoms with Crippen molar-refractivity contribution in [2.75, 3.05) is 20.4 Å². The predicted molar refractivity (Wildman–Crippen MR) is 331 cm³/mol. The van der Waals surface area contributed by atoms with Crippen molar-refractivity contribution in [1.29, 1.82) is 0 Å². The number of amides is 5. The van der Waals surface area contributed by atoms with E-state index in [9.17, 15) is 29.1 Å². The Bertz CT molecular complexity index is 2570. The summed E-state index contributed by atoms with van der Waals surface area (Å²) in [6, 6.07) is 10.7. The first-order valence-electron chi connectivity index (χ1n) is 31.1. The van der Waals surface area contributed by atoms with Crippen LogP contribution in [-0.2, 0) is 81.2 Å². The van der Waals surface area contributed by atoms with E-state index in [1.807, 2.05) is 82.3 Å². The topological polar surface area (TPSA) is 264 Å². The van der Waals surface area contributed by atoms with Crippen molar-refractivity contribution in [3.05, 3.63) is 71.3 Å². The monoisotopic (exact) mass is 1240 g/mol. The highest BCUT2D eigenvalue weighted by atomic mass is 28.4. The highest BCUT2D eigenvalue weighted by molar-refractivity contribution is 6.77. The molecular weight excluding hydrogens is 1130 g/mol. The summed E-state index contributed by atoms with van der Waals surface area (Å²) in [4.78, 5) is 117. The van der Waals surface area contributed by atoms with E-state index in [1.54, 1.807) is 34.6 Å². The van der Waals surface area contributed by atoms with Crippen molar-refractivity contribution in [2.24, 2.45) is 23.7 Å². The van der Waals surface area contributed by atoms with E-state index in [-0.39, 0.29) is 80.6 Å². The van der Waals surface area contributed by atoms with Crippen LogP contribution in [0, 0.1) is 23.7 Å². The average Bonchev–Trinajstić information content (AvgIpc) is 1.96. The van der Waals surface area contributed by atoms with Crippen molar-refractivity contribution < 1.29 is 76.3 Å². The average molecular weight is 1240 g/mol. The first kappa shape index (κ1) is 73.4. The van der Waals surface area contributed by atoms with Crippen LogP contribution in [0.4, 0.5) is 9.59 Å². The van der Waals surface area contributed by atoms with Crippen molar-refractivity contribution in [1.82, 2.24) is 25.8 Å². The number of likely N-dealkylation sites (tertiary alicyclic amines) is 1. The number of esters is 2. The Morgan fingerprint density at radius 2 is 1.34 bits per heavy atom. The van der Waals surface area contributed by atoms with Crippen molar-refractivity contribution in [3.8, 4) is 0 Å². The number of hydrogen-bond donors (Lipinski definition) is 4. The molecular formula is C65H103N5O16Si. The van der Waals surface area contributed by atoms with E-state index in [2.05, 4.69) is 57.5 Å². The summed E-state index contributed by atoms with van der Waals surface area (Å²) in [5.41, 5.74) is 1.38. The second-order valence-corrected chi connectivity index (χ2v) is 31.7. The number of carbonyl (C=O) groups is 8. The zero-order chi connectivity index (χ0) is 65.2. The van der Waals surface area contributed by atoms with Crippen LogP contribution in [0.2, 0.25) is 16.6 Å². The van der Waals surface area contributed by atoms with Crippen LogP contribution in [0.1, 0.15) is 166 Å². The van der Waals surface area contributed by atoms with Crippen LogP contribution in [0.3, 0.4) is 0 Å². The number of nitrogens with one attached hydrogen (secondary N) is 3. The highest BCUT2D eigenvalue weighted by Crippen LogP contribution is 2.44. The molecule has 0 bridgehead atoms. The molecule has 488 valence electrons. The minimum absolute atomic E-state index is 0.00702. The van der Waals surface area contributed by atoms with Gasteiger partial charge in [0.15, 0.2) is 0 Å². The third-order valence-corrected chi connectivity index (χ3v) is 22.9. The molecule has 4 N–H and O–H groups in total. The van der Waals surface area contributed by atoms with E-state index in [1.165, 1.54) is 30.8 Å². The molecule has 22 heteroatoms. The summed E-state index contributed by atoms with van der Waals surface area (Å²) in [5, 5.41) is 18.7. The first-order valence-corrected chi connectivity index (χ1v) is 33.3. The number of methoxy groups -OCH3 is 1. The predicted octanol–water partition coefficient (Wildman–Crippen LogP) is 9.86. The number of carboxylic acid groups (broad SMARTS) is 1. The van der Waals surface area contributed by atoms with Gasteiger partial charge in [-0.1, -0.05) is 144 Å². The molecule has 0 saturated carbocycles. The van der Waals surface area contributed by atoms with Crippen molar-refractivity contribution >= 4 is 56.1 Å². The normalized spacial score (nSPS) is 18.6. The maximum absolute atomic E-state index is 15.4. The van der Waals surface area contributed by atoms with Gasteiger partial charge in [-0.2, -0.15) is 0 Å². The third kappa shape index (κ3) is 20.5. The van der Waals surface area contributed by atoms with Gasteiger partial charge < -0.3 is 63.7 Å². The molecule has 21 nitrogen and oxygen atoms in total. The molecule has 1 fully saturated rings. The zero-order valence-electron chi connectivity index (χ0n) is 55.0. The van der Waals surface area contributed by atoms with Crippen LogP contribution < -0.4 is 16.0 Å². The SMILES string of the molecule is CC[C@H](C)[C@@H](NC(=O)[C@@H](NC(=O)OC(C)(C)C)[C@@H](C)OC(=O)[C@@H]1Cc2ccccc2CN1C(=O)[C@@H]1CCCN1C(=O)[C@H](CC(C)C)NC(=O)OCc1ccccc1)[C@H](CC(=O)O[C@@H](C(C)C)[C@@H](OCOC)[C@H](C)C(=O)O)O[Si](C(C)C)(C(C)C)C(C)C. The van der Waals surface area contributed by atoms with Crippen LogP contribution in [0.25, 0.3) is 0 Å². The molecule has 0 radical (unpaired) electrons. The molecule has 0 aliphatic carbocycles. The van der Waals surface area contributed by atoms with Gasteiger partial charge in [0.1, 0.15) is 61.5 Å². The number of carboxylic acids is 1. The lowest BCUT2D eigenvalue weighted by Crippen LogP contribution is -2.62. The fraction of sp³-hybridized carbons (Fsp3) is 0.692. The molecule has 2 aromatic rings. The Hall–Kier alpha value is -6.10. The second-order valence-electron chi connectivity index (χ2n) is 26.3. The number of carbonyl (C=O) groups excluding carboxylic acids is 7. The summed E-state index contributed by atoms with van der Waals surface area (Å²) in [6.45, 7) is 31.7. The molecule has 4 rings (SSSR count). The molecule has 2 aromatic carbocycles. The van der Waals surface area contributed by atoms with Crippen LogP contribution in [0.5, 0.6) is 0 Å². The van der Waals surface area contributed by atoms with Gasteiger partial charge in [-0.05, 0) is 105 Å². The van der Waals surface area contributed by atoms with Crippen molar-refractivity contribution in [3.63, 3.8) is 0 Å². The van der Waals surface area contributed by atoms with Gasteiger partial charge in [0.05, 0.1) is 24.5 Å². The van der Waals surface area contributed by atoms with Gasteiger partial charge in [-0.3, -0.25) is 24.0 Å². The molecule has 2 heterocycles. The maximum Gasteiger partial charge on any atom is 0.408 e. The summed E-state index contributed by atoms with van der Waals surface area (Å²) in [7, 11) is -1.51. The molecule has 11 atom stereocenters. The van der Waals surface area contributed by atoms with Gasteiger partial charge >= 0.3 is 30.1 Å². The minimum atomic E-state index is -2.91. The number of rotatable bonds is 31. The highest BCUT2D eigenvalue weighted by Gasteiger charge is 2.51.